The van der Waals surface area contributed by atoms with E-state index in [-0.39, 0.29) is 23.8 Å². The molecule has 0 bridgehead atoms. The number of rotatable bonds is 4. The Kier molecular flexibility index (Phi) is 4.39. The number of fused-ring (bicyclic) bond motifs is 1. The van der Waals surface area contributed by atoms with Crippen molar-refractivity contribution in [1.29, 1.82) is 0 Å². The molecule has 0 aromatic carbocycles. The number of carbonyl (C=O) groups excluding carboxylic acids is 1. The first-order valence-corrected chi connectivity index (χ1v) is 9.52. The van der Waals surface area contributed by atoms with Crippen LogP contribution in [0.15, 0.2) is 18.2 Å². The Morgan fingerprint density at radius 3 is 2.91 bits per heavy atom. The predicted octanol–water partition coefficient (Wildman–Crippen LogP) is 0.0262. The van der Waals surface area contributed by atoms with Crippen molar-refractivity contribution in [2.45, 2.75) is 13.0 Å². The second-order valence-corrected chi connectivity index (χ2v) is 8.12. The smallest absolute Gasteiger partial charge is 0.272 e. The van der Waals surface area contributed by atoms with Gasteiger partial charge in [0, 0.05) is 37.2 Å². The second-order valence-electron chi connectivity index (χ2n) is 6.29. The lowest BCUT2D eigenvalue weighted by atomic mass is 9.93. The first-order chi connectivity index (χ1) is 10.8. The minimum absolute atomic E-state index is 0.0184. The summed E-state index contributed by atoms with van der Waals surface area (Å²) in [5.74, 6) is 0.164. The SMILES string of the molecule is Cc1cccc(C(=O)N2C[C@H]3[C@H](CNS(C)(=O)=O)CO[C@H]3C2)n1. The van der Waals surface area contributed by atoms with Gasteiger partial charge in [-0.15, -0.1) is 0 Å². The molecule has 2 aliphatic heterocycles. The number of hydrogen-bond donors (Lipinski definition) is 1. The molecule has 1 aromatic heterocycles. The van der Waals surface area contributed by atoms with E-state index < -0.39 is 10.0 Å². The monoisotopic (exact) mass is 339 g/mol. The zero-order valence-corrected chi connectivity index (χ0v) is 14.0. The Balaban J connectivity index is 1.65. The number of aryl methyl sites for hydroxylation is 1. The third kappa shape index (κ3) is 3.70. The van der Waals surface area contributed by atoms with E-state index in [1.807, 2.05) is 19.1 Å². The summed E-state index contributed by atoms with van der Waals surface area (Å²) in [7, 11) is -3.21. The lowest BCUT2D eigenvalue weighted by Crippen LogP contribution is -2.35. The van der Waals surface area contributed by atoms with Crippen molar-refractivity contribution < 1.29 is 17.9 Å². The topological polar surface area (TPSA) is 88.6 Å². The number of ether oxygens (including phenoxy) is 1. The number of sulfonamides is 1. The largest absolute Gasteiger partial charge is 0.376 e. The fourth-order valence-corrected chi connectivity index (χ4v) is 3.77. The summed E-state index contributed by atoms with van der Waals surface area (Å²) in [6.07, 6.45) is 1.13. The molecule has 1 amide bonds. The zero-order chi connectivity index (χ0) is 16.6. The van der Waals surface area contributed by atoms with E-state index >= 15 is 0 Å². The van der Waals surface area contributed by atoms with E-state index in [9.17, 15) is 13.2 Å². The maximum atomic E-state index is 12.6. The van der Waals surface area contributed by atoms with Gasteiger partial charge in [-0.05, 0) is 19.1 Å². The Labute approximate surface area is 136 Å². The highest BCUT2D eigenvalue weighted by atomic mass is 32.2. The molecule has 2 saturated heterocycles. The van der Waals surface area contributed by atoms with E-state index in [1.54, 1.807) is 11.0 Å². The Morgan fingerprint density at radius 2 is 2.22 bits per heavy atom. The average molecular weight is 339 g/mol. The van der Waals surface area contributed by atoms with Crippen molar-refractivity contribution in [2.24, 2.45) is 11.8 Å². The Morgan fingerprint density at radius 1 is 1.43 bits per heavy atom. The van der Waals surface area contributed by atoms with Crippen molar-refractivity contribution in [3.63, 3.8) is 0 Å². The van der Waals surface area contributed by atoms with Gasteiger partial charge in [-0.3, -0.25) is 4.79 Å². The second kappa shape index (κ2) is 6.18. The maximum Gasteiger partial charge on any atom is 0.272 e. The highest BCUT2D eigenvalue weighted by molar-refractivity contribution is 7.88. The first-order valence-electron chi connectivity index (χ1n) is 7.62. The van der Waals surface area contributed by atoms with Gasteiger partial charge >= 0.3 is 0 Å². The number of pyridine rings is 1. The fraction of sp³-hybridized carbons (Fsp3) is 0.600. The van der Waals surface area contributed by atoms with Crippen molar-refractivity contribution in [2.75, 3.05) is 32.5 Å². The molecule has 1 N–H and O–H groups in total. The standard InChI is InChI=1S/C15H21N3O4S/c1-10-4-3-5-13(17-10)15(19)18-7-12-11(6-16-23(2,20)21)9-22-14(12)8-18/h3-5,11-12,14,16H,6-9H2,1-2H3/t11-,12+,14+/m1/s1. The quantitative estimate of drug-likeness (QED) is 0.836. The van der Waals surface area contributed by atoms with Gasteiger partial charge in [0.1, 0.15) is 5.69 Å². The molecule has 0 aliphatic carbocycles. The molecule has 3 heterocycles. The van der Waals surface area contributed by atoms with Crippen LogP contribution in [-0.2, 0) is 14.8 Å². The van der Waals surface area contributed by atoms with Gasteiger partial charge in [-0.2, -0.15) is 0 Å². The molecular weight excluding hydrogens is 318 g/mol. The molecule has 2 aliphatic rings. The molecule has 3 atom stereocenters. The molecule has 1 aromatic rings. The summed E-state index contributed by atoms with van der Waals surface area (Å²) in [6.45, 7) is 3.85. The van der Waals surface area contributed by atoms with Crippen LogP contribution >= 0.6 is 0 Å². The van der Waals surface area contributed by atoms with Crippen LogP contribution in [0, 0.1) is 18.8 Å². The van der Waals surface area contributed by atoms with Gasteiger partial charge in [0.15, 0.2) is 0 Å². The molecule has 0 unspecified atom stereocenters. The van der Waals surface area contributed by atoms with Gasteiger partial charge in [0.25, 0.3) is 5.91 Å². The van der Waals surface area contributed by atoms with E-state index in [2.05, 4.69) is 9.71 Å². The van der Waals surface area contributed by atoms with Crippen LogP contribution in [0.25, 0.3) is 0 Å². The highest BCUT2D eigenvalue weighted by Crippen LogP contribution is 2.33. The molecule has 23 heavy (non-hydrogen) atoms. The summed E-state index contributed by atoms with van der Waals surface area (Å²) in [6, 6.07) is 5.39. The van der Waals surface area contributed by atoms with Crippen LogP contribution in [0.5, 0.6) is 0 Å². The summed E-state index contributed by atoms with van der Waals surface area (Å²) < 4.78 is 30.8. The summed E-state index contributed by atoms with van der Waals surface area (Å²) in [4.78, 5) is 18.6. The summed E-state index contributed by atoms with van der Waals surface area (Å²) >= 11 is 0. The predicted molar refractivity (Wildman–Crippen MR) is 84.4 cm³/mol. The van der Waals surface area contributed by atoms with Crippen molar-refractivity contribution >= 4 is 15.9 Å². The van der Waals surface area contributed by atoms with E-state index in [0.717, 1.165) is 11.9 Å². The summed E-state index contributed by atoms with van der Waals surface area (Å²) in [5.41, 5.74) is 1.25. The molecule has 0 radical (unpaired) electrons. The lowest BCUT2D eigenvalue weighted by molar-refractivity contribution is 0.0673. The molecule has 7 nitrogen and oxygen atoms in total. The number of carbonyl (C=O) groups is 1. The van der Waals surface area contributed by atoms with Crippen molar-refractivity contribution in [3.8, 4) is 0 Å². The third-order valence-corrected chi connectivity index (χ3v) is 5.13. The van der Waals surface area contributed by atoms with E-state index in [4.69, 9.17) is 4.74 Å². The van der Waals surface area contributed by atoms with E-state index in [1.165, 1.54) is 0 Å². The van der Waals surface area contributed by atoms with Crippen molar-refractivity contribution in [3.05, 3.63) is 29.6 Å². The minimum atomic E-state index is -3.21. The molecule has 2 fully saturated rings. The van der Waals surface area contributed by atoms with Crippen molar-refractivity contribution in [1.82, 2.24) is 14.6 Å². The number of nitrogens with zero attached hydrogens (tertiary/aromatic N) is 2. The minimum Gasteiger partial charge on any atom is -0.376 e. The number of aromatic nitrogens is 1. The van der Waals surface area contributed by atoms with Crippen LogP contribution in [-0.4, -0.2) is 62.8 Å². The normalized spacial score (nSPS) is 27.2. The average Bonchev–Trinajstić information content (AvgIpc) is 3.04. The maximum absolute atomic E-state index is 12.6. The molecule has 126 valence electrons. The van der Waals surface area contributed by atoms with Gasteiger partial charge in [0.05, 0.1) is 19.0 Å². The molecule has 8 heteroatoms. The summed E-state index contributed by atoms with van der Waals surface area (Å²) in [5, 5.41) is 0. The Bertz CT molecular complexity index is 706. The van der Waals surface area contributed by atoms with Crippen LogP contribution in [0.2, 0.25) is 0 Å². The highest BCUT2D eigenvalue weighted by Gasteiger charge is 2.45. The number of hydrogen-bond acceptors (Lipinski definition) is 5. The molecular formula is C15H21N3O4S. The third-order valence-electron chi connectivity index (χ3n) is 4.44. The number of nitrogens with one attached hydrogen (secondary N) is 1. The Hall–Kier alpha value is -1.51. The fourth-order valence-electron chi connectivity index (χ4n) is 3.26. The van der Waals surface area contributed by atoms with Crippen LogP contribution in [0.4, 0.5) is 0 Å². The van der Waals surface area contributed by atoms with Gasteiger partial charge in [-0.25, -0.2) is 18.1 Å². The number of amides is 1. The van der Waals surface area contributed by atoms with Crippen LogP contribution < -0.4 is 4.72 Å². The number of likely N-dealkylation sites (tertiary alicyclic amines) is 1. The first kappa shape index (κ1) is 16.4. The van der Waals surface area contributed by atoms with Gasteiger partial charge < -0.3 is 9.64 Å². The van der Waals surface area contributed by atoms with Crippen LogP contribution in [0.3, 0.4) is 0 Å². The molecule has 3 rings (SSSR count). The zero-order valence-electron chi connectivity index (χ0n) is 13.2. The van der Waals surface area contributed by atoms with Gasteiger partial charge in [0.2, 0.25) is 10.0 Å². The lowest BCUT2D eigenvalue weighted by Gasteiger charge is -2.19. The van der Waals surface area contributed by atoms with E-state index in [0.29, 0.717) is 31.9 Å². The molecule has 0 spiro atoms. The molecule has 0 saturated carbocycles. The van der Waals surface area contributed by atoms with Crippen LogP contribution in [0.1, 0.15) is 16.2 Å². The van der Waals surface area contributed by atoms with Gasteiger partial charge in [-0.1, -0.05) is 6.07 Å².